The highest BCUT2D eigenvalue weighted by molar-refractivity contribution is 6.34. The van der Waals surface area contributed by atoms with Gasteiger partial charge in [-0.15, -0.1) is 0 Å². The average Bonchev–Trinajstić information content (AvgIpc) is 2.53. The van der Waals surface area contributed by atoms with Crippen LogP contribution in [0, 0.1) is 10.1 Å². The highest BCUT2D eigenvalue weighted by Crippen LogP contribution is 2.25. The first kappa shape index (κ1) is 18.9. The zero-order valence-corrected chi connectivity index (χ0v) is 15.4. The fourth-order valence-electron chi connectivity index (χ4n) is 2.43. The SMILES string of the molecule is CC(NC(=O)c1ccc([N+](=O)[O-])cc1Cl)c1ccc(C(C)(C)C)cc1. The quantitative estimate of drug-likeness (QED) is 0.613. The summed E-state index contributed by atoms with van der Waals surface area (Å²) < 4.78 is 0. The number of hydrogen-bond donors (Lipinski definition) is 1. The molecule has 0 aliphatic rings. The Hall–Kier alpha value is -2.40. The summed E-state index contributed by atoms with van der Waals surface area (Å²) >= 11 is 6.00. The molecule has 25 heavy (non-hydrogen) atoms. The summed E-state index contributed by atoms with van der Waals surface area (Å²) in [6.07, 6.45) is 0. The van der Waals surface area contributed by atoms with Crippen molar-refractivity contribution in [2.24, 2.45) is 0 Å². The molecular weight excluding hydrogens is 340 g/mol. The van der Waals surface area contributed by atoms with E-state index >= 15 is 0 Å². The molecule has 0 saturated carbocycles. The van der Waals surface area contributed by atoms with Gasteiger partial charge in [0.15, 0.2) is 0 Å². The number of carbonyl (C=O) groups excluding carboxylic acids is 1. The predicted octanol–water partition coefficient (Wildman–Crippen LogP) is 5.04. The summed E-state index contributed by atoms with van der Waals surface area (Å²) in [7, 11) is 0. The van der Waals surface area contributed by atoms with Gasteiger partial charge in [0.1, 0.15) is 0 Å². The summed E-state index contributed by atoms with van der Waals surface area (Å²) in [6, 6.07) is 11.7. The van der Waals surface area contributed by atoms with Gasteiger partial charge in [0, 0.05) is 12.1 Å². The number of nitro groups is 1. The monoisotopic (exact) mass is 360 g/mol. The van der Waals surface area contributed by atoms with Crippen LogP contribution in [-0.2, 0) is 5.41 Å². The maximum absolute atomic E-state index is 12.4. The number of non-ortho nitro benzene ring substituents is 1. The molecule has 1 unspecified atom stereocenters. The molecule has 0 heterocycles. The van der Waals surface area contributed by atoms with E-state index in [2.05, 4.69) is 38.2 Å². The van der Waals surface area contributed by atoms with E-state index in [4.69, 9.17) is 11.6 Å². The van der Waals surface area contributed by atoms with E-state index in [-0.39, 0.29) is 33.6 Å². The van der Waals surface area contributed by atoms with E-state index in [0.29, 0.717) is 0 Å². The fraction of sp³-hybridized carbons (Fsp3) is 0.316. The van der Waals surface area contributed by atoms with Gasteiger partial charge in [-0.05, 0) is 29.5 Å². The van der Waals surface area contributed by atoms with E-state index in [1.54, 1.807) is 0 Å². The first-order valence-corrected chi connectivity index (χ1v) is 8.32. The van der Waals surface area contributed by atoms with E-state index in [9.17, 15) is 14.9 Å². The Kier molecular flexibility index (Phi) is 5.48. The number of hydrogen-bond acceptors (Lipinski definition) is 3. The van der Waals surface area contributed by atoms with E-state index in [1.165, 1.54) is 23.8 Å². The van der Waals surface area contributed by atoms with Crippen LogP contribution in [0.1, 0.15) is 55.2 Å². The van der Waals surface area contributed by atoms with Crippen molar-refractivity contribution >= 4 is 23.2 Å². The molecule has 1 amide bonds. The molecule has 0 fully saturated rings. The molecule has 1 N–H and O–H groups in total. The van der Waals surface area contributed by atoms with E-state index in [0.717, 1.165) is 5.56 Å². The van der Waals surface area contributed by atoms with Crippen molar-refractivity contribution in [2.75, 3.05) is 0 Å². The van der Waals surface area contributed by atoms with Crippen molar-refractivity contribution in [2.45, 2.75) is 39.2 Å². The van der Waals surface area contributed by atoms with Crippen LogP contribution in [-0.4, -0.2) is 10.8 Å². The third kappa shape index (κ3) is 4.57. The van der Waals surface area contributed by atoms with Crippen molar-refractivity contribution in [1.82, 2.24) is 5.32 Å². The van der Waals surface area contributed by atoms with E-state index in [1.807, 2.05) is 19.1 Å². The molecule has 0 aliphatic heterocycles. The highest BCUT2D eigenvalue weighted by atomic mass is 35.5. The average molecular weight is 361 g/mol. The minimum Gasteiger partial charge on any atom is -0.345 e. The van der Waals surface area contributed by atoms with Crippen LogP contribution in [0.2, 0.25) is 5.02 Å². The van der Waals surface area contributed by atoms with Crippen molar-refractivity contribution in [3.63, 3.8) is 0 Å². The molecule has 6 heteroatoms. The Morgan fingerprint density at radius 3 is 2.24 bits per heavy atom. The minimum absolute atomic E-state index is 0.0574. The molecule has 0 saturated heterocycles. The Bertz CT molecular complexity index is 795. The number of amides is 1. The topological polar surface area (TPSA) is 72.2 Å². The molecular formula is C19H21ClN2O3. The van der Waals surface area contributed by atoms with Crippen LogP contribution in [0.15, 0.2) is 42.5 Å². The number of benzene rings is 2. The van der Waals surface area contributed by atoms with Gasteiger partial charge in [0.25, 0.3) is 11.6 Å². The number of nitro benzene ring substituents is 1. The van der Waals surface area contributed by atoms with Crippen LogP contribution in [0.3, 0.4) is 0 Å². The lowest BCUT2D eigenvalue weighted by molar-refractivity contribution is -0.384. The van der Waals surface area contributed by atoms with Gasteiger partial charge in [0.05, 0.1) is 21.6 Å². The molecule has 0 aliphatic carbocycles. The van der Waals surface area contributed by atoms with Gasteiger partial charge < -0.3 is 5.32 Å². The molecule has 2 rings (SSSR count). The third-order valence-corrected chi connectivity index (χ3v) is 4.35. The lowest BCUT2D eigenvalue weighted by Crippen LogP contribution is -2.27. The molecule has 0 radical (unpaired) electrons. The molecule has 2 aromatic rings. The van der Waals surface area contributed by atoms with Gasteiger partial charge >= 0.3 is 0 Å². The minimum atomic E-state index is -0.549. The van der Waals surface area contributed by atoms with Gasteiger partial charge in [-0.25, -0.2) is 0 Å². The molecule has 2 aromatic carbocycles. The Morgan fingerprint density at radius 2 is 1.76 bits per heavy atom. The standard InChI is InChI=1S/C19H21ClN2O3/c1-12(13-5-7-14(8-6-13)19(2,3)4)21-18(23)16-10-9-15(22(24)25)11-17(16)20/h5-12H,1-4H3,(H,21,23). The Balaban J connectivity index is 2.13. The van der Waals surface area contributed by atoms with E-state index < -0.39 is 4.92 Å². The maximum atomic E-state index is 12.4. The number of carbonyl (C=O) groups is 1. The Labute approximate surface area is 152 Å². The predicted molar refractivity (Wildman–Crippen MR) is 99.1 cm³/mol. The van der Waals surface area contributed by atoms with Gasteiger partial charge in [-0.2, -0.15) is 0 Å². The summed E-state index contributed by atoms with van der Waals surface area (Å²) in [4.78, 5) is 22.6. The Morgan fingerprint density at radius 1 is 1.16 bits per heavy atom. The largest absolute Gasteiger partial charge is 0.345 e. The normalized spacial score (nSPS) is 12.5. The second-order valence-corrected chi connectivity index (χ2v) is 7.40. The number of nitrogens with zero attached hydrogens (tertiary/aromatic N) is 1. The lowest BCUT2D eigenvalue weighted by atomic mass is 9.86. The lowest BCUT2D eigenvalue weighted by Gasteiger charge is -2.21. The first-order chi connectivity index (χ1) is 11.6. The maximum Gasteiger partial charge on any atom is 0.270 e. The first-order valence-electron chi connectivity index (χ1n) is 7.95. The van der Waals surface area contributed by atoms with Crippen LogP contribution in [0.5, 0.6) is 0 Å². The molecule has 132 valence electrons. The number of halogens is 1. The second-order valence-electron chi connectivity index (χ2n) is 6.99. The van der Waals surface area contributed by atoms with Crippen molar-refractivity contribution in [3.8, 4) is 0 Å². The molecule has 1 atom stereocenters. The van der Waals surface area contributed by atoms with Crippen molar-refractivity contribution in [1.29, 1.82) is 0 Å². The summed E-state index contributed by atoms with van der Waals surface area (Å²) in [5.74, 6) is -0.368. The molecule has 5 nitrogen and oxygen atoms in total. The second kappa shape index (κ2) is 7.23. The van der Waals surface area contributed by atoms with Crippen molar-refractivity contribution < 1.29 is 9.72 Å². The molecule has 0 aromatic heterocycles. The summed E-state index contributed by atoms with van der Waals surface area (Å²) in [5.41, 5.74) is 2.32. The van der Waals surface area contributed by atoms with Gasteiger partial charge in [-0.1, -0.05) is 56.6 Å². The van der Waals surface area contributed by atoms with Crippen LogP contribution in [0.25, 0.3) is 0 Å². The van der Waals surface area contributed by atoms with Gasteiger partial charge in [-0.3, -0.25) is 14.9 Å². The summed E-state index contributed by atoms with van der Waals surface area (Å²) in [6.45, 7) is 8.31. The van der Waals surface area contributed by atoms with Crippen LogP contribution in [0.4, 0.5) is 5.69 Å². The fourth-order valence-corrected chi connectivity index (χ4v) is 2.69. The highest BCUT2D eigenvalue weighted by Gasteiger charge is 2.18. The number of rotatable bonds is 4. The van der Waals surface area contributed by atoms with Crippen LogP contribution < -0.4 is 5.32 Å². The number of nitrogens with one attached hydrogen (secondary N) is 1. The van der Waals surface area contributed by atoms with Crippen LogP contribution >= 0.6 is 11.6 Å². The smallest absolute Gasteiger partial charge is 0.270 e. The van der Waals surface area contributed by atoms with Crippen molar-refractivity contribution in [3.05, 3.63) is 74.3 Å². The molecule has 0 bridgehead atoms. The zero-order valence-electron chi connectivity index (χ0n) is 14.7. The zero-order chi connectivity index (χ0) is 18.8. The molecule has 0 spiro atoms. The third-order valence-electron chi connectivity index (χ3n) is 4.03. The van der Waals surface area contributed by atoms with Gasteiger partial charge in [0.2, 0.25) is 0 Å². The summed E-state index contributed by atoms with van der Waals surface area (Å²) in [5, 5.41) is 13.7.